The first kappa shape index (κ1) is 12.3. The molecule has 2 N–H and O–H groups in total. The van der Waals surface area contributed by atoms with Gasteiger partial charge in [-0.25, -0.2) is 18.5 Å². The smallest absolute Gasteiger partial charge is 0.229 e. The first-order chi connectivity index (χ1) is 7.88. The number of amides is 1. The summed E-state index contributed by atoms with van der Waals surface area (Å²) >= 11 is 5.78. The van der Waals surface area contributed by atoms with E-state index in [4.69, 9.17) is 16.7 Å². The molecule has 1 amide bonds. The lowest BCUT2D eigenvalue weighted by molar-refractivity contribution is -0.117. The third-order valence-electron chi connectivity index (χ3n) is 2.54. The molecule has 6 nitrogen and oxygen atoms in total. The molecule has 1 unspecified atom stereocenters. The van der Waals surface area contributed by atoms with E-state index in [9.17, 15) is 13.2 Å². The first-order valence-electron chi connectivity index (χ1n) is 4.81. The van der Waals surface area contributed by atoms with Gasteiger partial charge < -0.3 is 0 Å². The van der Waals surface area contributed by atoms with Crippen molar-refractivity contribution >= 4 is 33.3 Å². The van der Waals surface area contributed by atoms with Crippen molar-refractivity contribution in [3.05, 3.63) is 23.4 Å². The number of rotatable bonds is 2. The third-order valence-corrected chi connectivity index (χ3v) is 4.02. The minimum atomic E-state index is -3.71. The van der Waals surface area contributed by atoms with E-state index in [1.165, 1.54) is 17.2 Å². The summed E-state index contributed by atoms with van der Waals surface area (Å²) < 4.78 is 22.4. The highest BCUT2D eigenvalue weighted by atomic mass is 35.5. The molecule has 0 aromatic carbocycles. The van der Waals surface area contributed by atoms with Gasteiger partial charge in [0.15, 0.2) is 0 Å². The Labute approximate surface area is 103 Å². The monoisotopic (exact) mass is 275 g/mol. The summed E-state index contributed by atoms with van der Waals surface area (Å²) in [6, 6.07) is 3.08. The van der Waals surface area contributed by atoms with Crippen LogP contribution in [0, 0.1) is 0 Å². The molecule has 1 saturated heterocycles. The number of carbonyl (C=O) groups is 1. The minimum absolute atomic E-state index is 0.0189. The van der Waals surface area contributed by atoms with E-state index in [0.717, 1.165) is 0 Å². The molecule has 0 spiro atoms. The van der Waals surface area contributed by atoms with Crippen molar-refractivity contribution in [1.29, 1.82) is 0 Å². The lowest BCUT2D eigenvalue weighted by Gasteiger charge is -2.14. The van der Waals surface area contributed by atoms with Crippen LogP contribution in [0.3, 0.4) is 0 Å². The number of anilines is 1. The molecule has 0 bridgehead atoms. The second kappa shape index (κ2) is 4.25. The predicted molar refractivity (Wildman–Crippen MR) is 63.1 cm³/mol. The molecule has 1 aromatic rings. The standard InChI is InChI=1S/C9H10ClN3O3S/c10-6-1-2-12-8(3-6)13-5-7(4-9(13)14)17(11,15)16/h1-3,7H,4-5H2,(H2,11,15,16). The van der Waals surface area contributed by atoms with E-state index in [2.05, 4.69) is 4.98 Å². The number of nitrogens with two attached hydrogens (primary N) is 1. The largest absolute Gasteiger partial charge is 0.295 e. The second-order valence-electron chi connectivity index (χ2n) is 3.75. The van der Waals surface area contributed by atoms with Crippen LogP contribution in [0.2, 0.25) is 5.02 Å². The van der Waals surface area contributed by atoms with Crippen molar-refractivity contribution in [2.75, 3.05) is 11.4 Å². The van der Waals surface area contributed by atoms with Crippen LogP contribution in [0.1, 0.15) is 6.42 Å². The lowest BCUT2D eigenvalue weighted by Crippen LogP contribution is -2.32. The SMILES string of the molecule is NS(=O)(=O)C1CC(=O)N(c2cc(Cl)ccn2)C1. The summed E-state index contributed by atoms with van der Waals surface area (Å²) in [6.45, 7) is 0.0189. The molecule has 1 aromatic heterocycles. The van der Waals surface area contributed by atoms with Gasteiger partial charge in [-0.15, -0.1) is 0 Å². The predicted octanol–water partition coefficient (Wildman–Crippen LogP) is 0.129. The van der Waals surface area contributed by atoms with Crippen molar-refractivity contribution in [1.82, 2.24) is 4.98 Å². The Bertz CT molecular complexity index is 560. The molecule has 1 fully saturated rings. The highest BCUT2D eigenvalue weighted by Gasteiger charge is 2.37. The van der Waals surface area contributed by atoms with E-state index in [1.54, 1.807) is 6.07 Å². The van der Waals surface area contributed by atoms with E-state index in [-0.39, 0.29) is 18.9 Å². The summed E-state index contributed by atoms with van der Waals surface area (Å²) in [7, 11) is -3.71. The molecule has 0 radical (unpaired) electrons. The van der Waals surface area contributed by atoms with Crippen molar-refractivity contribution in [2.45, 2.75) is 11.7 Å². The molecule has 0 aliphatic carbocycles. The van der Waals surface area contributed by atoms with Crippen molar-refractivity contribution in [2.24, 2.45) is 5.14 Å². The van der Waals surface area contributed by atoms with Gasteiger partial charge in [-0.1, -0.05) is 11.6 Å². The maximum atomic E-state index is 11.7. The Balaban J connectivity index is 2.28. The van der Waals surface area contributed by atoms with Gasteiger partial charge in [-0.3, -0.25) is 9.69 Å². The van der Waals surface area contributed by atoms with E-state index in [0.29, 0.717) is 10.8 Å². The number of sulfonamides is 1. The fourth-order valence-electron chi connectivity index (χ4n) is 1.66. The zero-order chi connectivity index (χ0) is 12.6. The van der Waals surface area contributed by atoms with Gasteiger partial charge in [-0.2, -0.15) is 0 Å². The molecular weight excluding hydrogens is 266 g/mol. The highest BCUT2D eigenvalue weighted by Crippen LogP contribution is 2.24. The molecule has 1 atom stereocenters. The summed E-state index contributed by atoms with van der Waals surface area (Å²) in [5, 5.41) is 4.57. The summed E-state index contributed by atoms with van der Waals surface area (Å²) in [4.78, 5) is 16.9. The van der Waals surface area contributed by atoms with E-state index < -0.39 is 15.3 Å². The molecule has 17 heavy (non-hydrogen) atoms. The van der Waals surface area contributed by atoms with Crippen LogP contribution in [0.4, 0.5) is 5.82 Å². The second-order valence-corrected chi connectivity index (χ2v) is 6.03. The van der Waals surface area contributed by atoms with Crippen molar-refractivity contribution in [3.8, 4) is 0 Å². The van der Waals surface area contributed by atoms with Crippen LogP contribution in [0.25, 0.3) is 0 Å². The third kappa shape index (κ3) is 2.56. The molecule has 92 valence electrons. The van der Waals surface area contributed by atoms with Crippen molar-refractivity contribution < 1.29 is 13.2 Å². The van der Waals surface area contributed by atoms with Gasteiger partial charge in [0.05, 0.1) is 0 Å². The Kier molecular flexibility index (Phi) is 3.07. The highest BCUT2D eigenvalue weighted by molar-refractivity contribution is 7.89. The molecule has 1 aliphatic rings. The Morgan fingerprint density at radius 2 is 2.24 bits per heavy atom. The van der Waals surface area contributed by atoms with E-state index >= 15 is 0 Å². The molecule has 0 saturated carbocycles. The van der Waals surface area contributed by atoms with Gasteiger partial charge in [0, 0.05) is 24.2 Å². The van der Waals surface area contributed by atoms with Gasteiger partial charge >= 0.3 is 0 Å². The summed E-state index contributed by atoms with van der Waals surface area (Å²) in [6.07, 6.45) is 1.34. The van der Waals surface area contributed by atoms with Crippen LogP contribution >= 0.6 is 11.6 Å². The van der Waals surface area contributed by atoms with Crippen LogP contribution in [0.15, 0.2) is 18.3 Å². The minimum Gasteiger partial charge on any atom is -0.295 e. The van der Waals surface area contributed by atoms with Gasteiger partial charge in [0.2, 0.25) is 15.9 Å². The average Bonchev–Trinajstić information content (AvgIpc) is 2.60. The first-order valence-corrected chi connectivity index (χ1v) is 6.80. The number of pyridine rings is 1. The van der Waals surface area contributed by atoms with Crippen LogP contribution in [-0.4, -0.2) is 31.1 Å². The normalized spacial score (nSPS) is 20.9. The fraction of sp³-hybridized carbons (Fsp3) is 0.333. The fourth-order valence-corrected chi connectivity index (χ4v) is 2.54. The summed E-state index contributed by atoms with van der Waals surface area (Å²) in [5.41, 5.74) is 0. The number of hydrogen-bond acceptors (Lipinski definition) is 4. The maximum Gasteiger partial charge on any atom is 0.229 e. The average molecular weight is 276 g/mol. The topological polar surface area (TPSA) is 93.4 Å². The maximum absolute atomic E-state index is 11.7. The van der Waals surface area contributed by atoms with Gasteiger partial charge in [-0.05, 0) is 12.1 Å². The number of hydrogen-bond donors (Lipinski definition) is 1. The molecule has 8 heteroatoms. The molecule has 1 aliphatic heterocycles. The van der Waals surface area contributed by atoms with E-state index in [1.807, 2.05) is 0 Å². The Morgan fingerprint density at radius 1 is 1.53 bits per heavy atom. The van der Waals surface area contributed by atoms with Crippen LogP contribution < -0.4 is 10.0 Å². The van der Waals surface area contributed by atoms with Gasteiger partial charge in [0.1, 0.15) is 11.1 Å². The molecule has 2 heterocycles. The van der Waals surface area contributed by atoms with Crippen LogP contribution in [-0.2, 0) is 14.8 Å². The van der Waals surface area contributed by atoms with Crippen molar-refractivity contribution in [3.63, 3.8) is 0 Å². The summed E-state index contributed by atoms with van der Waals surface area (Å²) in [5.74, 6) is 0.0208. The van der Waals surface area contributed by atoms with Crippen LogP contribution in [0.5, 0.6) is 0 Å². The zero-order valence-electron chi connectivity index (χ0n) is 8.71. The lowest BCUT2D eigenvalue weighted by atomic mass is 10.4. The number of halogens is 1. The molecule has 2 rings (SSSR count). The molecular formula is C9H10ClN3O3S. The number of aromatic nitrogens is 1. The quantitative estimate of drug-likeness (QED) is 0.830. The zero-order valence-corrected chi connectivity index (χ0v) is 10.3. The number of carbonyl (C=O) groups excluding carboxylic acids is 1. The number of primary sulfonamides is 1. The number of nitrogens with zero attached hydrogens (tertiary/aromatic N) is 2. The Morgan fingerprint density at radius 3 is 2.76 bits per heavy atom. The Hall–Kier alpha value is -1.18. The van der Waals surface area contributed by atoms with Gasteiger partial charge in [0.25, 0.3) is 0 Å².